The van der Waals surface area contributed by atoms with Crippen molar-refractivity contribution in [1.29, 1.82) is 5.41 Å². The molecule has 1 aromatic rings. The number of rotatable bonds is 5. The molecular weight excluding hydrogens is 386 g/mol. The van der Waals surface area contributed by atoms with Gasteiger partial charge in [-0.05, 0) is 55.0 Å². The molecule has 0 aromatic carbocycles. The minimum Gasteiger partial charge on any atom is -0.384 e. The first-order valence-electron chi connectivity index (χ1n) is 9.97. The molecule has 30 heavy (non-hydrogen) atoms. The van der Waals surface area contributed by atoms with Gasteiger partial charge in [0.15, 0.2) is 12.2 Å². The number of hydrogen-bond acceptors (Lipinski definition) is 5. The number of allylic oxidation sites excluding steroid dienone is 4. The number of aliphatic hydroxyl groups excluding tert-OH is 1. The Kier molecular flexibility index (Phi) is 5.56. The van der Waals surface area contributed by atoms with E-state index in [-0.39, 0.29) is 12.4 Å². The summed E-state index contributed by atoms with van der Waals surface area (Å²) in [5.41, 5.74) is 9.79. The number of carbonyl (C=O) groups excluding carboxylic acids is 2. The molecule has 2 amide bonds. The molecule has 6 N–H and O–H groups in total. The number of ether oxygens (including phenoxy) is 1. The van der Waals surface area contributed by atoms with Crippen LogP contribution in [0.4, 0.5) is 0 Å². The lowest BCUT2D eigenvalue weighted by atomic mass is 9.99. The second kappa shape index (κ2) is 8.29. The third kappa shape index (κ3) is 3.94. The SMILES string of the molecule is N=C(N)C1=CC=C(NC(=O)[C@H](O)[C@H]2OCCN(C3=Cc4[nH]ccc4CC3)C2=O)CC1. The predicted octanol–water partition coefficient (Wildman–Crippen LogP) is 0.546. The molecule has 9 nitrogen and oxygen atoms in total. The Morgan fingerprint density at radius 3 is 2.90 bits per heavy atom. The lowest BCUT2D eigenvalue weighted by Crippen LogP contribution is -2.55. The van der Waals surface area contributed by atoms with Gasteiger partial charge in [-0.15, -0.1) is 0 Å². The van der Waals surface area contributed by atoms with Crippen LogP contribution in [0.25, 0.3) is 6.08 Å². The van der Waals surface area contributed by atoms with E-state index in [1.54, 1.807) is 17.1 Å². The summed E-state index contributed by atoms with van der Waals surface area (Å²) in [6.45, 7) is 0.623. The molecule has 0 unspecified atom stereocenters. The summed E-state index contributed by atoms with van der Waals surface area (Å²) in [4.78, 5) is 30.3. The number of nitrogens with one attached hydrogen (secondary N) is 3. The molecule has 0 radical (unpaired) electrons. The van der Waals surface area contributed by atoms with E-state index in [0.717, 1.165) is 17.8 Å². The summed E-state index contributed by atoms with van der Waals surface area (Å²) >= 11 is 0. The van der Waals surface area contributed by atoms with Crippen LogP contribution in [0.1, 0.15) is 30.5 Å². The van der Waals surface area contributed by atoms with Gasteiger partial charge in [-0.1, -0.05) is 6.08 Å². The molecule has 1 aromatic heterocycles. The number of aromatic nitrogens is 1. The van der Waals surface area contributed by atoms with Crippen LogP contribution in [0.3, 0.4) is 0 Å². The van der Waals surface area contributed by atoms with Gasteiger partial charge in [-0.25, -0.2) is 0 Å². The maximum absolute atomic E-state index is 13.0. The van der Waals surface area contributed by atoms with Crippen molar-refractivity contribution >= 4 is 23.7 Å². The number of aliphatic hydroxyl groups is 1. The lowest BCUT2D eigenvalue weighted by Gasteiger charge is -2.36. The highest BCUT2D eigenvalue weighted by molar-refractivity contribution is 5.95. The molecule has 0 bridgehead atoms. The largest absolute Gasteiger partial charge is 0.384 e. The fourth-order valence-corrected chi connectivity index (χ4v) is 3.93. The third-order valence-corrected chi connectivity index (χ3v) is 5.63. The molecule has 158 valence electrons. The van der Waals surface area contributed by atoms with Crippen LogP contribution in [0, 0.1) is 5.41 Å². The standard InChI is InChI=1S/C21H25N5O4/c22-19(23)13-1-4-14(5-2-13)25-20(28)17(27)18-21(29)26(9-10-30-18)15-6-3-12-7-8-24-16(12)11-15/h1,4,7-8,11,17-18,24,27H,2-3,5-6,9-10H2,(H3,22,23)(H,25,28)/t17-,18-/m1/s1. The smallest absolute Gasteiger partial charge is 0.259 e. The van der Waals surface area contributed by atoms with E-state index in [9.17, 15) is 14.7 Å². The molecule has 1 fully saturated rings. The summed E-state index contributed by atoms with van der Waals surface area (Å²) in [5, 5.41) is 20.6. The summed E-state index contributed by atoms with van der Waals surface area (Å²) in [6, 6.07) is 2.02. The van der Waals surface area contributed by atoms with Crippen molar-refractivity contribution in [2.75, 3.05) is 13.2 Å². The monoisotopic (exact) mass is 411 g/mol. The molecule has 1 saturated heterocycles. The number of nitrogens with zero attached hydrogens (tertiary/aromatic N) is 1. The number of carbonyl (C=O) groups is 2. The Hall–Kier alpha value is -3.17. The van der Waals surface area contributed by atoms with Crippen molar-refractivity contribution in [3.05, 3.63) is 52.6 Å². The first kappa shape index (κ1) is 20.1. The molecule has 9 heteroatoms. The van der Waals surface area contributed by atoms with Crippen LogP contribution in [0.5, 0.6) is 0 Å². The third-order valence-electron chi connectivity index (χ3n) is 5.63. The summed E-state index contributed by atoms with van der Waals surface area (Å²) < 4.78 is 5.47. The maximum Gasteiger partial charge on any atom is 0.259 e. The number of aromatic amines is 1. The number of amides is 2. The van der Waals surface area contributed by atoms with Crippen LogP contribution < -0.4 is 11.1 Å². The molecule has 2 atom stereocenters. The van der Waals surface area contributed by atoms with E-state index in [0.29, 0.717) is 37.1 Å². The Bertz CT molecular complexity index is 974. The van der Waals surface area contributed by atoms with E-state index in [2.05, 4.69) is 10.3 Å². The van der Waals surface area contributed by atoms with Crippen LogP contribution in [-0.4, -0.2) is 58.0 Å². The zero-order valence-corrected chi connectivity index (χ0v) is 16.5. The molecule has 2 heterocycles. The maximum atomic E-state index is 13.0. The predicted molar refractivity (Wildman–Crippen MR) is 110 cm³/mol. The van der Waals surface area contributed by atoms with Crippen LogP contribution >= 0.6 is 0 Å². The highest BCUT2D eigenvalue weighted by Crippen LogP contribution is 2.27. The van der Waals surface area contributed by atoms with Crippen LogP contribution in [0.15, 0.2) is 41.4 Å². The van der Waals surface area contributed by atoms with Gasteiger partial charge in [-0.2, -0.15) is 0 Å². The first-order valence-corrected chi connectivity index (χ1v) is 9.97. The summed E-state index contributed by atoms with van der Waals surface area (Å²) in [5.74, 6) is -1.10. The summed E-state index contributed by atoms with van der Waals surface area (Å²) in [6.07, 6.45) is 6.82. The van der Waals surface area contributed by atoms with Gasteiger partial charge in [-0.3, -0.25) is 15.0 Å². The van der Waals surface area contributed by atoms with Gasteiger partial charge < -0.3 is 30.8 Å². The van der Waals surface area contributed by atoms with Gasteiger partial charge in [0.1, 0.15) is 5.84 Å². The van der Waals surface area contributed by atoms with Crippen molar-refractivity contribution in [3.63, 3.8) is 0 Å². The zero-order chi connectivity index (χ0) is 21.3. The number of nitrogens with two attached hydrogens (primary N) is 1. The number of fused-ring (bicyclic) bond motifs is 1. The van der Waals surface area contributed by atoms with Gasteiger partial charge in [0, 0.05) is 29.8 Å². The molecule has 4 rings (SSSR count). The second-order valence-corrected chi connectivity index (χ2v) is 7.57. The quantitative estimate of drug-likeness (QED) is 0.355. The van der Waals surface area contributed by atoms with Gasteiger partial charge >= 0.3 is 0 Å². The topological polar surface area (TPSA) is 145 Å². The van der Waals surface area contributed by atoms with E-state index in [4.69, 9.17) is 15.9 Å². The fourth-order valence-electron chi connectivity index (χ4n) is 3.93. The van der Waals surface area contributed by atoms with Crippen molar-refractivity contribution < 1.29 is 19.4 Å². The minimum absolute atomic E-state index is 0.00133. The van der Waals surface area contributed by atoms with Crippen LogP contribution in [0.2, 0.25) is 0 Å². The van der Waals surface area contributed by atoms with E-state index >= 15 is 0 Å². The molecule has 0 spiro atoms. The summed E-state index contributed by atoms with van der Waals surface area (Å²) in [7, 11) is 0. The Morgan fingerprint density at radius 1 is 1.33 bits per heavy atom. The average molecular weight is 411 g/mol. The van der Waals surface area contributed by atoms with E-state index in [1.165, 1.54) is 5.56 Å². The average Bonchev–Trinajstić information content (AvgIpc) is 3.21. The Labute approximate surface area is 173 Å². The highest BCUT2D eigenvalue weighted by Gasteiger charge is 2.40. The van der Waals surface area contributed by atoms with Crippen molar-refractivity contribution in [2.24, 2.45) is 5.73 Å². The number of hydrogen-bond donors (Lipinski definition) is 5. The number of morpholine rings is 1. The number of amidine groups is 1. The Balaban J connectivity index is 1.43. The van der Waals surface area contributed by atoms with Crippen LogP contribution in [-0.2, 0) is 20.7 Å². The Morgan fingerprint density at radius 2 is 2.17 bits per heavy atom. The number of aryl methyl sites for hydroxylation is 1. The van der Waals surface area contributed by atoms with Gasteiger partial charge in [0.25, 0.3) is 11.8 Å². The lowest BCUT2D eigenvalue weighted by molar-refractivity contribution is -0.165. The second-order valence-electron chi connectivity index (χ2n) is 7.57. The van der Waals surface area contributed by atoms with Crippen molar-refractivity contribution in [1.82, 2.24) is 15.2 Å². The van der Waals surface area contributed by atoms with E-state index < -0.39 is 24.0 Å². The van der Waals surface area contributed by atoms with Crippen molar-refractivity contribution in [3.8, 4) is 0 Å². The molecule has 1 aliphatic heterocycles. The number of H-pyrrole nitrogens is 1. The fraction of sp³-hybridized carbons (Fsp3) is 0.381. The highest BCUT2D eigenvalue weighted by atomic mass is 16.5. The normalized spacial score (nSPS) is 22.4. The molecule has 0 saturated carbocycles. The van der Waals surface area contributed by atoms with Crippen molar-refractivity contribution in [2.45, 2.75) is 37.9 Å². The molecule has 2 aliphatic carbocycles. The molecule has 3 aliphatic rings. The van der Waals surface area contributed by atoms with E-state index in [1.807, 2.05) is 18.3 Å². The molecular formula is C21H25N5O4. The minimum atomic E-state index is -1.62. The van der Waals surface area contributed by atoms with Gasteiger partial charge in [0.2, 0.25) is 0 Å². The first-order chi connectivity index (χ1) is 14.4. The van der Waals surface area contributed by atoms with Gasteiger partial charge in [0.05, 0.1) is 6.61 Å². The zero-order valence-electron chi connectivity index (χ0n) is 16.5.